The zero-order valence-electron chi connectivity index (χ0n) is 15.4. The van der Waals surface area contributed by atoms with E-state index in [4.69, 9.17) is 5.26 Å². The van der Waals surface area contributed by atoms with Crippen LogP contribution in [0.15, 0.2) is 36.9 Å². The van der Waals surface area contributed by atoms with Gasteiger partial charge in [0, 0.05) is 47.8 Å². The molecule has 0 amide bonds. The predicted octanol–water partition coefficient (Wildman–Crippen LogP) is 3.91. The van der Waals surface area contributed by atoms with Gasteiger partial charge in [-0.3, -0.25) is 0 Å². The van der Waals surface area contributed by atoms with Gasteiger partial charge < -0.3 is 10.3 Å². The summed E-state index contributed by atoms with van der Waals surface area (Å²) in [7, 11) is 0. The largest absolute Gasteiger partial charge is 0.353 e. The third-order valence-electron chi connectivity index (χ3n) is 4.39. The minimum absolute atomic E-state index is 0.295. The summed E-state index contributed by atoms with van der Waals surface area (Å²) in [5.41, 5.74) is 3.54. The molecule has 0 unspecified atom stereocenters. The van der Waals surface area contributed by atoms with Crippen molar-refractivity contribution in [3.05, 3.63) is 42.5 Å². The Morgan fingerprint density at radius 1 is 1.34 bits per heavy atom. The molecule has 0 radical (unpaired) electrons. The molecule has 29 heavy (non-hydrogen) atoms. The molecule has 8 nitrogen and oxygen atoms in total. The van der Waals surface area contributed by atoms with Gasteiger partial charge in [0.05, 0.1) is 18.2 Å². The van der Waals surface area contributed by atoms with E-state index in [-0.39, 0.29) is 0 Å². The first kappa shape index (κ1) is 18.5. The van der Waals surface area contributed by atoms with Crippen molar-refractivity contribution in [3.8, 4) is 28.6 Å². The van der Waals surface area contributed by atoms with Crippen LogP contribution in [0.3, 0.4) is 0 Å². The lowest BCUT2D eigenvalue weighted by Crippen LogP contribution is -2.04. The summed E-state index contributed by atoms with van der Waals surface area (Å²) in [5, 5.41) is 16.6. The van der Waals surface area contributed by atoms with Gasteiger partial charge in [0.1, 0.15) is 11.3 Å². The Balaban J connectivity index is 1.80. The third-order valence-corrected chi connectivity index (χ3v) is 4.39. The van der Waals surface area contributed by atoms with Crippen LogP contribution in [-0.4, -0.2) is 36.3 Å². The number of nitriles is 1. The maximum absolute atomic E-state index is 13.3. The fraction of sp³-hybridized carbons (Fsp3) is 0.211. The van der Waals surface area contributed by atoms with E-state index in [0.717, 1.165) is 10.9 Å². The number of nitrogens with zero attached hydrogens (tertiary/aromatic N) is 6. The van der Waals surface area contributed by atoms with Gasteiger partial charge in [0.15, 0.2) is 0 Å². The Morgan fingerprint density at radius 3 is 3.00 bits per heavy atom. The van der Waals surface area contributed by atoms with E-state index in [9.17, 15) is 8.78 Å². The van der Waals surface area contributed by atoms with Crippen LogP contribution in [0.5, 0.6) is 0 Å². The van der Waals surface area contributed by atoms with Crippen LogP contribution in [0, 0.1) is 18.3 Å². The summed E-state index contributed by atoms with van der Waals surface area (Å²) in [5.74, 6) is 0.309. The van der Waals surface area contributed by atoms with Crippen molar-refractivity contribution < 1.29 is 8.78 Å². The highest BCUT2D eigenvalue weighted by atomic mass is 19.3. The molecule has 0 saturated carbocycles. The zero-order valence-corrected chi connectivity index (χ0v) is 15.4. The number of pyridine rings is 1. The monoisotopic (exact) mass is 394 g/mol. The lowest BCUT2D eigenvalue weighted by atomic mass is 10.1. The summed E-state index contributed by atoms with van der Waals surface area (Å²) >= 11 is 0. The molecule has 0 fully saturated rings. The van der Waals surface area contributed by atoms with Crippen molar-refractivity contribution in [1.29, 1.82) is 5.26 Å². The van der Waals surface area contributed by atoms with E-state index in [0.29, 0.717) is 51.8 Å². The van der Waals surface area contributed by atoms with Gasteiger partial charge in [-0.2, -0.15) is 19.1 Å². The molecule has 0 aliphatic carbocycles. The highest BCUT2D eigenvalue weighted by Gasteiger charge is 2.19. The normalized spacial score (nSPS) is 11.1. The standard InChI is InChI=1S/C19H16F2N8/c1-11-8-25-17-13(11)7-12(9-26-17)16-14(10-29(28-16)18(20)21)15-3-6-24-19(27-15)23-5-2-4-22/h3,6-10,18H,2,5H2,1H3,(H,25,26)(H,23,24,27). The average Bonchev–Trinajstić information content (AvgIpc) is 3.33. The van der Waals surface area contributed by atoms with Crippen molar-refractivity contribution in [1.82, 2.24) is 29.7 Å². The minimum Gasteiger partial charge on any atom is -0.353 e. The molecule has 2 N–H and O–H groups in total. The topological polar surface area (TPSA) is 108 Å². The Kier molecular flexibility index (Phi) is 4.87. The number of rotatable bonds is 6. The van der Waals surface area contributed by atoms with Gasteiger partial charge >= 0.3 is 6.55 Å². The molecule has 0 aliphatic heterocycles. The van der Waals surface area contributed by atoms with Gasteiger partial charge in [0.2, 0.25) is 5.95 Å². The molecule has 4 rings (SSSR count). The molecule has 0 atom stereocenters. The number of hydrogen-bond acceptors (Lipinski definition) is 6. The quantitative estimate of drug-likeness (QED) is 0.480. The van der Waals surface area contributed by atoms with Crippen LogP contribution in [0.2, 0.25) is 0 Å². The number of aryl methyl sites for hydroxylation is 1. The maximum atomic E-state index is 13.3. The van der Waals surface area contributed by atoms with Crippen molar-refractivity contribution in [2.75, 3.05) is 11.9 Å². The Morgan fingerprint density at radius 2 is 2.21 bits per heavy atom. The maximum Gasteiger partial charge on any atom is 0.333 e. The zero-order chi connectivity index (χ0) is 20.4. The smallest absolute Gasteiger partial charge is 0.333 e. The van der Waals surface area contributed by atoms with Crippen molar-refractivity contribution in [2.24, 2.45) is 0 Å². The Hall–Kier alpha value is -3.87. The second-order valence-electron chi connectivity index (χ2n) is 6.34. The van der Waals surface area contributed by atoms with Crippen LogP contribution in [0.25, 0.3) is 33.5 Å². The average molecular weight is 394 g/mol. The Labute approximate surface area is 164 Å². The van der Waals surface area contributed by atoms with Gasteiger partial charge in [-0.1, -0.05) is 0 Å². The molecule has 0 bridgehead atoms. The summed E-state index contributed by atoms with van der Waals surface area (Å²) in [6.45, 7) is -0.466. The van der Waals surface area contributed by atoms with Crippen molar-refractivity contribution in [2.45, 2.75) is 19.9 Å². The van der Waals surface area contributed by atoms with Gasteiger partial charge in [-0.25, -0.2) is 19.6 Å². The fourth-order valence-electron chi connectivity index (χ4n) is 2.98. The molecule has 4 aromatic heterocycles. The van der Waals surface area contributed by atoms with Crippen LogP contribution in [-0.2, 0) is 0 Å². The van der Waals surface area contributed by atoms with E-state index < -0.39 is 6.55 Å². The second kappa shape index (κ2) is 7.63. The molecule has 10 heteroatoms. The summed E-state index contributed by atoms with van der Waals surface area (Å²) in [6.07, 6.45) is 6.51. The number of halogens is 2. The van der Waals surface area contributed by atoms with E-state index >= 15 is 0 Å². The number of aromatic amines is 1. The number of H-pyrrole nitrogens is 1. The van der Waals surface area contributed by atoms with Crippen LogP contribution < -0.4 is 5.32 Å². The van der Waals surface area contributed by atoms with E-state index in [1.165, 1.54) is 12.4 Å². The SMILES string of the molecule is Cc1c[nH]c2ncc(-c3nn(C(F)F)cc3-c3ccnc(NCCC#N)n3)cc12. The first-order valence-corrected chi connectivity index (χ1v) is 8.82. The predicted molar refractivity (Wildman–Crippen MR) is 103 cm³/mol. The molecule has 4 heterocycles. The fourth-order valence-corrected chi connectivity index (χ4v) is 2.98. The number of aromatic nitrogens is 6. The molecule has 0 aliphatic rings. The minimum atomic E-state index is -2.79. The Bertz CT molecular complexity index is 1200. The van der Waals surface area contributed by atoms with Gasteiger partial charge in [0.25, 0.3) is 0 Å². The summed E-state index contributed by atoms with van der Waals surface area (Å²) in [6, 6.07) is 5.51. The summed E-state index contributed by atoms with van der Waals surface area (Å²) < 4.78 is 27.3. The molecule has 4 aromatic rings. The third kappa shape index (κ3) is 3.62. The van der Waals surface area contributed by atoms with E-state index in [1.807, 2.05) is 25.3 Å². The number of alkyl halides is 2. The number of anilines is 1. The van der Waals surface area contributed by atoms with Crippen LogP contribution >= 0.6 is 0 Å². The number of nitrogens with one attached hydrogen (secondary N) is 2. The van der Waals surface area contributed by atoms with Crippen LogP contribution in [0.4, 0.5) is 14.7 Å². The first-order chi connectivity index (χ1) is 14.1. The van der Waals surface area contributed by atoms with Crippen LogP contribution in [0.1, 0.15) is 18.5 Å². The molecular formula is C19H16F2N8. The first-order valence-electron chi connectivity index (χ1n) is 8.82. The second-order valence-corrected chi connectivity index (χ2v) is 6.34. The van der Waals surface area contributed by atoms with Gasteiger partial charge in [-0.05, 0) is 24.6 Å². The highest BCUT2D eigenvalue weighted by molar-refractivity contribution is 5.87. The van der Waals surface area contributed by atoms with Gasteiger partial charge in [-0.15, -0.1) is 0 Å². The van der Waals surface area contributed by atoms with Crippen molar-refractivity contribution >= 4 is 17.0 Å². The number of hydrogen-bond donors (Lipinski definition) is 2. The lowest BCUT2D eigenvalue weighted by molar-refractivity contribution is 0.0569. The number of fused-ring (bicyclic) bond motifs is 1. The molecule has 0 saturated heterocycles. The van der Waals surface area contributed by atoms with Crippen molar-refractivity contribution in [3.63, 3.8) is 0 Å². The lowest BCUT2D eigenvalue weighted by Gasteiger charge is -2.06. The molecule has 0 aromatic carbocycles. The summed E-state index contributed by atoms with van der Waals surface area (Å²) in [4.78, 5) is 15.9. The molecule has 146 valence electrons. The highest BCUT2D eigenvalue weighted by Crippen LogP contribution is 2.33. The molecular weight excluding hydrogens is 378 g/mol. The molecule has 0 spiro atoms. The van der Waals surface area contributed by atoms with E-state index in [1.54, 1.807) is 12.3 Å². The van der Waals surface area contributed by atoms with E-state index in [2.05, 4.69) is 30.4 Å².